The molecule has 1 aromatic carbocycles. The first-order valence-corrected chi connectivity index (χ1v) is 11.6. The summed E-state index contributed by atoms with van der Waals surface area (Å²) in [5, 5.41) is 0. The maximum Gasteiger partial charge on any atom is 0.294 e. The Labute approximate surface area is 211 Å². The molecule has 182 valence electrons. The van der Waals surface area contributed by atoms with E-state index in [9.17, 15) is 4.79 Å². The highest BCUT2D eigenvalue weighted by Crippen LogP contribution is 2.17. The molecule has 34 heavy (non-hydrogen) atoms. The molecule has 9 heteroatoms. The largest absolute Gasteiger partial charge is 1.00 e. The number of quaternary nitrogens is 1. The number of benzene rings is 1. The van der Waals surface area contributed by atoms with Gasteiger partial charge in [-0.25, -0.2) is 4.98 Å². The SMILES string of the molecule is COc1ccc2c([nH]1)[n+]1cncc1c(=O)n2CCC[NH+]1CCC(Cc2ccccc2)CC1.[Cl-].[Cl-]. The fraction of sp³-hybridized carbons (Fsp3) is 0.400. The Bertz CT molecular complexity index is 1270. The number of nitrogens with one attached hydrogen (secondary N) is 2. The van der Waals surface area contributed by atoms with Gasteiger partial charge in [-0.1, -0.05) is 30.3 Å². The summed E-state index contributed by atoms with van der Waals surface area (Å²) >= 11 is 0. The van der Waals surface area contributed by atoms with Crippen LogP contribution in [0.3, 0.4) is 0 Å². The van der Waals surface area contributed by atoms with Crippen molar-refractivity contribution in [3.8, 4) is 5.88 Å². The van der Waals surface area contributed by atoms with Gasteiger partial charge in [0.1, 0.15) is 11.7 Å². The minimum Gasteiger partial charge on any atom is -1.00 e. The van der Waals surface area contributed by atoms with E-state index in [1.165, 1.54) is 37.9 Å². The number of likely N-dealkylation sites (tertiary alicyclic amines) is 1. The van der Waals surface area contributed by atoms with Crippen LogP contribution >= 0.6 is 0 Å². The molecule has 4 aromatic rings. The molecule has 1 aliphatic heterocycles. The van der Waals surface area contributed by atoms with Crippen LogP contribution in [0.4, 0.5) is 0 Å². The van der Waals surface area contributed by atoms with Crippen molar-refractivity contribution in [3.63, 3.8) is 0 Å². The van der Waals surface area contributed by atoms with Gasteiger partial charge in [0.05, 0.1) is 26.7 Å². The zero-order valence-corrected chi connectivity index (χ0v) is 20.9. The molecule has 0 atom stereocenters. The molecule has 1 aliphatic rings. The normalized spacial score (nSPS) is 17.8. The average Bonchev–Trinajstić information content (AvgIpc) is 3.33. The lowest BCUT2D eigenvalue weighted by Crippen LogP contribution is -3.13. The molecular formula is C25H31Cl2N5O2. The fourth-order valence-electron chi connectivity index (χ4n) is 5.05. The van der Waals surface area contributed by atoms with Gasteiger partial charge in [0.25, 0.3) is 17.1 Å². The van der Waals surface area contributed by atoms with Gasteiger partial charge in [-0.2, -0.15) is 4.40 Å². The van der Waals surface area contributed by atoms with Crippen LogP contribution in [-0.2, 0) is 13.0 Å². The lowest BCUT2D eigenvalue weighted by Gasteiger charge is -2.29. The molecule has 0 unspecified atom stereocenters. The maximum absolute atomic E-state index is 13.1. The molecule has 0 bridgehead atoms. The Kier molecular flexibility index (Phi) is 8.94. The lowest BCUT2D eigenvalue weighted by atomic mass is 9.90. The third kappa shape index (κ3) is 5.37. The highest BCUT2D eigenvalue weighted by atomic mass is 35.5. The van der Waals surface area contributed by atoms with Crippen LogP contribution in [0.1, 0.15) is 24.8 Å². The fourth-order valence-corrected chi connectivity index (χ4v) is 5.05. The summed E-state index contributed by atoms with van der Waals surface area (Å²) in [5.74, 6) is 1.45. The molecule has 7 nitrogen and oxygen atoms in total. The molecular weight excluding hydrogens is 473 g/mol. The van der Waals surface area contributed by atoms with Gasteiger partial charge in [0.2, 0.25) is 11.8 Å². The third-order valence-electron chi connectivity index (χ3n) is 6.82. The second-order valence-electron chi connectivity index (χ2n) is 8.85. The van der Waals surface area contributed by atoms with Crippen LogP contribution in [0.2, 0.25) is 0 Å². The highest BCUT2D eigenvalue weighted by Gasteiger charge is 2.23. The molecule has 0 saturated carbocycles. The molecule has 0 radical (unpaired) electrons. The van der Waals surface area contributed by atoms with E-state index in [1.54, 1.807) is 28.9 Å². The Morgan fingerprint density at radius 3 is 2.65 bits per heavy atom. The van der Waals surface area contributed by atoms with Gasteiger partial charge >= 0.3 is 0 Å². The van der Waals surface area contributed by atoms with Crippen LogP contribution < -0.4 is 44.4 Å². The number of nitrogens with zero attached hydrogens (tertiary/aromatic N) is 3. The van der Waals surface area contributed by atoms with Crippen LogP contribution in [0.25, 0.3) is 16.7 Å². The van der Waals surface area contributed by atoms with Crippen molar-refractivity contribution in [3.05, 3.63) is 70.9 Å². The van der Waals surface area contributed by atoms with Crippen LogP contribution in [0, 0.1) is 5.92 Å². The summed E-state index contributed by atoms with van der Waals surface area (Å²) in [5.41, 5.74) is 3.74. The quantitative estimate of drug-likeness (QED) is 0.249. The molecule has 4 heterocycles. The number of halogens is 2. The number of aromatic nitrogens is 4. The predicted molar refractivity (Wildman–Crippen MR) is 123 cm³/mol. The van der Waals surface area contributed by atoms with Gasteiger partial charge in [0.15, 0.2) is 0 Å². The standard InChI is InChI=1S/C25H29N5O2.2ClH/c1-32-23-9-8-21-24(27-23)30-18-26-17-22(30)25(31)29(21)13-5-12-28-14-10-20(11-15-28)16-19-6-3-2-4-7-19;;/h2-4,6-9,17-18,20H,5,10-16H2,1H3;2*1H. The first kappa shape index (κ1) is 26.0. The van der Waals surface area contributed by atoms with E-state index in [-0.39, 0.29) is 30.4 Å². The van der Waals surface area contributed by atoms with Gasteiger partial charge < -0.3 is 34.5 Å². The third-order valence-corrected chi connectivity index (χ3v) is 6.82. The molecule has 0 aliphatic carbocycles. The van der Waals surface area contributed by atoms with Crippen molar-refractivity contribution in [2.75, 3.05) is 26.7 Å². The van der Waals surface area contributed by atoms with Gasteiger partial charge in [-0.15, -0.1) is 4.98 Å². The Hall–Kier alpha value is -2.61. The number of H-pyrrole nitrogens is 1. The van der Waals surface area contributed by atoms with Gasteiger partial charge in [-0.3, -0.25) is 9.36 Å². The van der Waals surface area contributed by atoms with E-state index >= 15 is 0 Å². The predicted octanol–water partition coefficient (Wildman–Crippen LogP) is -4.59. The Morgan fingerprint density at radius 1 is 1.15 bits per heavy atom. The van der Waals surface area contributed by atoms with E-state index in [1.807, 2.05) is 16.7 Å². The highest BCUT2D eigenvalue weighted by molar-refractivity contribution is 5.69. The monoisotopic (exact) mass is 503 g/mol. The van der Waals surface area contributed by atoms with Crippen molar-refractivity contribution in [1.82, 2.24) is 14.5 Å². The molecule has 1 saturated heterocycles. The second-order valence-corrected chi connectivity index (χ2v) is 8.85. The zero-order valence-electron chi connectivity index (χ0n) is 19.3. The first-order chi connectivity index (χ1) is 15.7. The van der Waals surface area contributed by atoms with E-state index in [0.29, 0.717) is 17.9 Å². The topological polar surface area (TPSA) is 68.4 Å². The van der Waals surface area contributed by atoms with Crippen molar-refractivity contribution in [2.24, 2.45) is 5.92 Å². The number of fused-ring (bicyclic) bond motifs is 3. The summed E-state index contributed by atoms with van der Waals surface area (Å²) < 4.78 is 9.03. The van der Waals surface area contributed by atoms with Crippen LogP contribution in [-0.4, -0.2) is 41.3 Å². The second kappa shape index (κ2) is 11.7. The number of methoxy groups -OCH3 is 1. The first-order valence-electron chi connectivity index (χ1n) is 11.6. The number of ether oxygens (including phenoxy) is 1. The van der Waals surface area contributed by atoms with E-state index in [4.69, 9.17) is 4.74 Å². The number of hydrogen-bond donors (Lipinski definition) is 2. The summed E-state index contributed by atoms with van der Waals surface area (Å²) in [6, 6.07) is 14.7. The minimum absolute atomic E-state index is 0. The number of aromatic amines is 1. The number of pyridine rings is 1. The lowest BCUT2D eigenvalue weighted by molar-refractivity contribution is -0.906. The Balaban J connectivity index is 0.00000162. The maximum atomic E-state index is 13.1. The zero-order chi connectivity index (χ0) is 21.9. The van der Waals surface area contributed by atoms with E-state index in [2.05, 4.69) is 40.3 Å². The molecule has 2 N–H and O–H groups in total. The number of imidazole rings is 1. The van der Waals surface area contributed by atoms with Crippen LogP contribution in [0.5, 0.6) is 5.88 Å². The number of aryl methyl sites for hydroxylation is 1. The molecule has 1 fully saturated rings. The van der Waals surface area contributed by atoms with Crippen LogP contribution in [0.15, 0.2) is 59.8 Å². The van der Waals surface area contributed by atoms with E-state index < -0.39 is 0 Å². The average molecular weight is 504 g/mol. The summed E-state index contributed by atoms with van der Waals surface area (Å²) in [7, 11) is 1.63. The van der Waals surface area contributed by atoms with Crippen molar-refractivity contribution < 1.29 is 38.9 Å². The van der Waals surface area contributed by atoms with Gasteiger partial charge in [0, 0.05) is 19.0 Å². The van der Waals surface area contributed by atoms with Crippen molar-refractivity contribution in [2.45, 2.75) is 32.2 Å². The number of piperidine rings is 1. The van der Waals surface area contributed by atoms with Gasteiger partial charge in [-0.05, 0) is 36.8 Å². The summed E-state index contributed by atoms with van der Waals surface area (Å²) in [6.45, 7) is 4.24. The number of rotatable bonds is 7. The summed E-state index contributed by atoms with van der Waals surface area (Å²) in [6.07, 6.45) is 8.04. The minimum atomic E-state index is 0. The van der Waals surface area contributed by atoms with Crippen molar-refractivity contribution in [1.29, 1.82) is 0 Å². The Morgan fingerprint density at radius 2 is 1.91 bits per heavy atom. The summed E-state index contributed by atoms with van der Waals surface area (Å²) in [4.78, 5) is 22.2. The molecule has 0 amide bonds. The molecule has 5 rings (SSSR count). The molecule has 0 spiro atoms. The van der Waals surface area contributed by atoms with Crippen molar-refractivity contribution >= 4 is 16.7 Å². The smallest absolute Gasteiger partial charge is 0.294 e. The molecule has 3 aromatic heterocycles. The van der Waals surface area contributed by atoms with E-state index in [0.717, 1.165) is 30.0 Å². The number of hydrogen-bond acceptors (Lipinski definition) is 3.